The van der Waals surface area contributed by atoms with Crippen LogP contribution in [-0.4, -0.2) is 53.7 Å². The third-order valence-electron chi connectivity index (χ3n) is 5.01. The molecule has 176 valence electrons. The van der Waals surface area contributed by atoms with Gasteiger partial charge in [0.05, 0.1) is 31.0 Å². The largest absolute Gasteiger partial charge is 0.442 e. The van der Waals surface area contributed by atoms with Crippen LogP contribution in [0.4, 0.5) is 19.3 Å². The van der Waals surface area contributed by atoms with E-state index in [1.165, 1.54) is 35.2 Å². The van der Waals surface area contributed by atoms with Crippen LogP contribution in [0.2, 0.25) is 0 Å². The van der Waals surface area contributed by atoms with Crippen molar-refractivity contribution in [2.75, 3.05) is 23.7 Å². The molecule has 2 aromatic carbocycles. The van der Waals surface area contributed by atoms with Gasteiger partial charge in [-0.2, -0.15) is 5.10 Å². The van der Waals surface area contributed by atoms with Crippen LogP contribution in [-0.2, 0) is 14.3 Å². The summed E-state index contributed by atoms with van der Waals surface area (Å²) in [7, 11) is 0. The Kier molecular flexibility index (Phi) is 6.87. The van der Waals surface area contributed by atoms with Crippen LogP contribution in [0.5, 0.6) is 0 Å². The number of cyclic esters (lactones) is 1. The molecule has 0 aliphatic carbocycles. The number of Topliss-reactive ketones (excluding diaryl/α,β-unsaturated/α-hetero) is 1. The lowest BCUT2D eigenvalue weighted by molar-refractivity contribution is -0.120. The first-order valence-electron chi connectivity index (χ1n) is 10.1. The van der Waals surface area contributed by atoms with Crippen molar-refractivity contribution in [2.24, 2.45) is 5.10 Å². The normalized spacial score (nSPS) is 17.6. The van der Waals surface area contributed by atoms with Crippen LogP contribution in [0.1, 0.15) is 22.3 Å². The first kappa shape index (κ1) is 23.4. The third kappa shape index (κ3) is 5.39. The van der Waals surface area contributed by atoms with Crippen molar-refractivity contribution in [3.05, 3.63) is 65.2 Å². The molecule has 1 saturated heterocycles. The highest BCUT2D eigenvalue weighted by Gasteiger charge is 2.33. The Bertz CT molecular complexity index is 1190. The average molecular weight is 488 g/mol. The maximum atomic E-state index is 14.7. The molecule has 9 nitrogen and oxygen atoms in total. The van der Waals surface area contributed by atoms with Crippen LogP contribution >= 0.6 is 11.8 Å². The molecule has 0 radical (unpaired) electrons. The van der Waals surface area contributed by atoms with Gasteiger partial charge in [0.2, 0.25) is 5.91 Å². The van der Waals surface area contributed by atoms with Crippen molar-refractivity contribution >= 4 is 46.2 Å². The van der Waals surface area contributed by atoms with Gasteiger partial charge in [0, 0.05) is 11.1 Å². The molecule has 0 bridgehead atoms. The number of rotatable bonds is 7. The number of hydrogen-bond donors (Lipinski definition) is 2. The van der Waals surface area contributed by atoms with E-state index in [0.29, 0.717) is 5.04 Å². The quantitative estimate of drug-likeness (QED) is 0.456. The molecule has 2 aliphatic heterocycles. The molecule has 1 atom stereocenters. The summed E-state index contributed by atoms with van der Waals surface area (Å²) in [5, 5.41) is 6.69. The van der Waals surface area contributed by atoms with E-state index in [1.54, 1.807) is 0 Å². The summed E-state index contributed by atoms with van der Waals surface area (Å²) < 4.78 is 32.8. The van der Waals surface area contributed by atoms with Gasteiger partial charge in [-0.1, -0.05) is 11.8 Å². The predicted octanol–water partition coefficient (Wildman–Crippen LogP) is 2.20. The lowest BCUT2D eigenvalue weighted by atomic mass is 10.1. The molecule has 1 fully saturated rings. The van der Waals surface area contributed by atoms with Gasteiger partial charge in [0.1, 0.15) is 22.8 Å². The second-order valence-corrected chi connectivity index (χ2v) is 8.40. The van der Waals surface area contributed by atoms with Crippen LogP contribution < -0.4 is 15.6 Å². The van der Waals surface area contributed by atoms with Gasteiger partial charge in [-0.05, 0) is 42.5 Å². The number of carbonyl (C=O) groups excluding carboxylic acids is 4. The summed E-state index contributed by atoms with van der Waals surface area (Å²) in [5.74, 6) is -2.30. The highest BCUT2D eigenvalue weighted by molar-refractivity contribution is 8.15. The average Bonchev–Trinajstić information content (AvgIpc) is 3.19. The number of thioether (sulfide) groups is 1. The molecular formula is C22H18F2N4O5S. The van der Waals surface area contributed by atoms with E-state index in [1.807, 2.05) is 0 Å². The zero-order valence-corrected chi connectivity index (χ0v) is 18.4. The summed E-state index contributed by atoms with van der Waals surface area (Å²) >= 11 is 1.10. The van der Waals surface area contributed by atoms with E-state index in [9.17, 15) is 28.0 Å². The zero-order chi connectivity index (χ0) is 24.2. The van der Waals surface area contributed by atoms with Crippen molar-refractivity contribution in [1.82, 2.24) is 10.7 Å². The van der Waals surface area contributed by atoms with Crippen molar-refractivity contribution in [3.8, 4) is 0 Å². The molecule has 2 heterocycles. The number of ether oxygens (including phenoxy) is 1. The van der Waals surface area contributed by atoms with Crippen molar-refractivity contribution in [3.63, 3.8) is 0 Å². The number of nitrogens with one attached hydrogen (secondary N) is 2. The van der Waals surface area contributed by atoms with Gasteiger partial charge < -0.3 is 10.1 Å². The fraction of sp³-hybridized carbons (Fsp3) is 0.227. The van der Waals surface area contributed by atoms with Gasteiger partial charge in [-0.25, -0.2) is 19.0 Å². The minimum absolute atomic E-state index is 0.0362. The van der Waals surface area contributed by atoms with E-state index in [2.05, 4.69) is 15.8 Å². The minimum Gasteiger partial charge on any atom is -0.442 e. The summed E-state index contributed by atoms with van der Waals surface area (Å²) in [6.07, 6.45) is -1.84. The fourth-order valence-electron chi connectivity index (χ4n) is 3.31. The Hall–Kier alpha value is -3.80. The third-order valence-corrected chi connectivity index (χ3v) is 6.00. The smallest absolute Gasteiger partial charge is 0.414 e. The van der Waals surface area contributed by atoms with Crippen LogP contribution in [0, 0.1) is 11.6 Å². The Labute approximate surface area is 196 Å². The summed E-state index contributed by atoms with van der Waals surface area (Å²) in [6.45, 7) is 0.0288. The topological polar surface area (TPSA) is 117 Å². The van der Waals surface area contributed by atoms with Crippen LogP contribution in [0.15, 0.2) is 47.6 Å². The molecule has 2 N–H and O–H groups in total. The Balaban J connectivity index is 1.32. The number of ketones is 1. The number of halogens is 2. The number of carbonyl (C=O) groups is 4. The number of anilines is 1. The SMILES string of the molecule is O=C(CC(=O)c1ccc(F)cc1)NCC1CN(c2ccc(C3=NNC(=O)CS3)c(F)c2)C(=O)O1. The van der Waals surface area contributed by atoms with E-state index < -0.39 is 41.9 Å². The lowest BCUT2D eigenvalue weighted by Gasteiger charge is -2.16. The first-order chi connectivity index (χ1) is 16.3. The number of benzene rings is 2. The highest BCUT2D eigenvalue weighted by atomic mass is 32.2. The number of hydrogen-bond acceptors (Lipinski definition) is 7. The molecule has 0 saturated carbocycles. The molecule has 3 amide bonds. The highest BCUT2D eigenvalue weighted by Crippen LogP contribution is 2.26. The minimum atomic E-state index is -0.703. The number of amides is 3. The Morgan fingerprint density at radius 1 is 1.18 bits per heavy atom. The van der Waals surface area contributed by atoms with Crippen LogP contribution in [0.3, 0.4) is 0 Å². The first-order valence-corrected chi connectivity index (χ1v) is 11.1. The number of nitrogens with zero attached hydrogens (tertiary/aromatic N) is 2. The fourth-order valence-corrected chi connectivity index (χ4v) is 4.07. The molecule has 4 rings (SSSR count). The van der Waals surface area contributed by atoms with E-state index in [-0.39, 0.29) is 41.6 Å². The lowest BCUT2D eigenvalue weighted by Crippen LogP contribution is -2.35. The standard InChI is InChI=1S/C22H18F2N4O5S/c23-13-3-1-12(2-4-13)18(29)8-19(30)25-9-15-10-28(22(32)33-15)14-5-6-16(17(24)7-14)21-27-26-20(31)11-34-21/h1-7,15H,8-11H2,(H,25,30)(H,26,31). The molecule has 1 unspecified atom stereocenters. The molecule has 2 aliphatic rings. The summed E-state index contributed by atoms with van der Waals surface area (Å²) in [6, 6.07) is 9.00. The van der Waals surface area contributed by atoms with Crippen molar-refractivity contribution < 1.29 is 32.7 Å². The molecular weight excluding hydrogens is 470 g/mol. The van der Waals surface area contributed by atoms with Gasteiger partial charge in [-0.3, -0.25) is 19.3 Å². The van der Waals surface area contributed by atoms with Gasteiger partial charge >= 0.3 is 6.09 Å². The zero-order valence-electron chi connectivity index (χ0n) is 17.5. The van der Waals surface area contributed by atoms with E-state index in [0.717, 1.165) is 23.9 Å². The molecule has 0 aromatic heterocycles. The monoisotopic (exact) mass is 488 g/mol. The molecule has 12 heteroatoms. The molecule has 34 heavy (non-hydrogen) atoms. The van der Waals surface area contributed by atoms with Gasteiger partial charge in [-0.15, -0.1) is 0 Å². The maximum Gasteiger partial charge on any atom is 0.414 e. The predicted molar refractivity (Wildman–Crippen MR) is 120 cm³/mol. The summed E-state index contributed by atoms with van der Waals surface area (Å²) in [4.78, 5) is 48.9. The second kappa shape index (κ2) is 10.00. The van der Waals surface area contributed by atoms with E-state index >= 15 is 0 Å². The van der Waals surface area contributed by atoms with Gasteiger partial charge in [0.15, 0.2) is 5.78 Å². The Morgan fingerprint density at radius 2 is 1.94 bits per heavy atom. The van der Waals surface area contributed by atoms with E-state index in [4.69, 9.17) is 4.74 Å². The second-order valence-electron chi connectivity index (χ2n) is 7.43. The molecule has 2 aromatic rings. The maximum absolute atomic E-state index is 14.7. The van der Waals surface area contributed by atoms with Crippen molar-refractivity contribution in [1.29, 1.82) is 0 Å². The molecule has 0 spiro atoms. The number of hydrazone groups is 1. The summed E-state index contributed by atoms with van der Waals surface area (Å²) in [5.41, 5.74) is 2.95. The Morgan fingerprint density at radius 3 is 2.62 bits per heavy atom. The van der Waals surface area contributed by atoms with Crippen LogP contribution in [0.25, 0.3) is 0 Å². The van der Waals surface area contributed by atoms with Crippen molar-refractivity contribution in [2.45, 2.75) is 12.5 Å². The van der Waals surface area contributed by atoms with Gasteiger partial charge in [0.25, 0.3) is 5.91 Å².